The van der Waals surface area contributed by atoms with Crippen molar-refractivity contribution >= 4 is 11.6 Å². The predicted molar refractivity (Wildman–Crippen MR) is 74.1 cm³/mol. The molecule has 1 unspecified atom stereocenters. The van der Waals surface area contributed by atoms with Crippen LogP contribution in [0.1, 0.15) is 24.9 Å². The maximum Gasteiger partial charge on any atom is 0.125 e. The Labute approximate surface area is 111 Å². The van der Waals surface area contributed by atoms with E-state index in [2.05, 4.69) is 0 Å². The van der Waals surface area contributed by atoms with Crippen LogP contribution in [0.15, 0.2) is 42.5 Å². The second-order valence-corrected chi connectivity index (χ2v) is 4.73. The van der Waals surface area contributed by atoms with Crippen molar-refractivity contribution in [1.29, 1.82) is 0 Å². The van der Waals surface area contributed by atoms with Crippen molar-refractivity contribution in [1.82, 2.24) is 0 Å². The van der Waals surface area contributed by atoms with Crippen molar-refractivity contribution in [2.45, 2.75) is 19.4 Å². The number of hydrogen-bond acceptors (Lipinski definition) is 1. The minimum Gasteiger partial charge on any atom is -0.324 e. The molecule has 0 radical (unpaired) electrons. The molecule has 0 amide bonds. The summed E-state index contributed by atoms with van der Waals surface area (Å²) in [5, 5.41) is 0.402. The first-order valence-corrected chi connectivity index (χ1v) is 6.30. The fourth-order valence-electron chi connectivity index (χ4n) is 1.88. The summed E-state index contributed by atoms with van der Waals surface area (Å²) in [5.41, 5.74) is 8.75. The molecule has 2 rings (SSSR count). The molecule has 2 aromatic rings. The van der Waals surface area contributed by atoms with Crippen LogP contribution in [0.5, 0.6) is 0 Å². The Morgan fingerprint density at radius 2 is 1.78 bits per heavy atom. The number of nitrogens with two attached hydrogens (primary N) is 1. The summed E-state index contributed by atoms with van der Waals surface area (Å²) in [7, 11) is 0. The molecule has 0 aliphatic carbocycles. The molecule has 0 heterocycles. The molecule has 1 nitrogen and oxygen atoms in total. The number of hydrogen-bond donors (Lipinski definition) is 1. The molecule has 0 saturated heterocycles. The van der Waals surface area contributed by atoms with Crippen molar-refractivity contribution in [3.8, 4) is 11.1 Å². The predicted octanol–water partition coefficient (Wildman–Crippen LogP) is 4.56. The average Bonchev–Trinajstić information content (AvgIpc) is 2.37. The smallest absolute Gasteiger partial charge is 0.125 e. The quantitative estimate of drug-likeness (QED) is 0.863. The van der Waals surface area contributed by atoms with Crippen LogP contribution in [0.3, 0.4) is 0 Å². The van der Waals surface area contributed by atoms with Crippen LogP contribution in [0.4, 0.5) is 4.39 Å². The largest absolute Gasteiger partial charge is 0.324 e. The Morgan fingerprint density at radius 3 is 2.33 bits per heavy atom. The van der Waals surface area contributed by atoms with Gasteiger partial charge in [0, 0.05) is 11.1 Å². The third kappa shape index (κ3) is 2.89. The van der Waals surface area contributed by atoms with Gasteiger partial charge < -0.3 is 5.73 Å². The lowest BCUT2D eigenvalue weighted by Crippen LogP contribution is -2.08. The molecule has 3 heteroatoms. The summed E-state index contributed by atoms with van der Waals surface area (Å²) in [4.78, 5) is 0. The Kier molecular flexibility index (Phi) is 4.00. The maximum atomic E-state index is 13.3. The molecule has 0 spiro atoms. The fourth-order valence-corrected chi connectivity index (χ4v) is 2.10. The van der Waals surface area contributed by atoms with Crippen LogP contribution in [0, 0.1) is 5.82 Å². The highest BCUT2D eigenvalue weighted by molar-refractivity contribution is 6.30. The molecule has 0 bridgehead atoms. The third-order valence-electron chi connectivity index (χ3n) is 2.97. The van der Waals surface area contributed by atoms with E-state index in [4.69, 9.17) is 17.3 Å². The van der Waals surface area contributed by atoms with Crippen LogP contribution in [-0.2, 0) is 0 Å². The monoisotopic (exact) mass is 263 g/mol. The van der Waals surface area contributed by atoms with Gasteiger partial charge in [-0.2, -0.15) is 0 Å². The molecule has 0 aromatic heterocycles. The summed E-state index contributed by atoms with van der Waals surface area (Å²) in [6.07, 6.45) is 0.894. The van der Waals surface area contributed by atoms with Crippen LogP contribution in [0.2, 0.25) is 5.02 Å². The van der Waals surface area contributed by atoms with E-state index < -0.39 is 0 Å². The first-order valence-electron chi connectivity index (χ1n) is 5.92. The van der Waals surface area contributed by atoms with Gasteiger partial charge in [0.15, 0.2) is 0 Å². The van der Waals surface area contributed by atoms with Gasteiger partial charge in [0.25, 0.3) is 0 Å². The van der Waals surface area contributed by atoms with Gasteiger partial charge in [-0.25, -0.2) is 4.39 Å². The van der Waals surface area contributed by atoms with Crippen LogP contribution in [-0.4, -0.2) is 0 Å². The van der Waals surface area contributed by atoms with E-state index in [1.165, 1.54) is 12.1 Å². The molecule has 18 heavy (non-hydrogen) atoms. The van der Waals surface area contributed by atoms with Crippen molar-refractivity contribution in [2.24, 2.45) is 5.73 Å². The van der Waals surface area contributed by atoms with Gasteiger partial charge >= 0.3 is 0 Å². The van der Waals surface area contributed by atoms with E-state index in [9.17, 15) is 4.39 Å². The Hall–Kier alpha value is -1.38. The fraction of sp³-hybridized carbons (Fsp3) is 0.200. The lowest BCUT2D eigenvalue weighted by molar-refractivity contribution is 0.628. The average molecular weight is 264 g/mol. The van der Waals surface area contributed by atoms with E-state index in [-0.39, 0.29) is 11.9 Å². The zero-order chi connectivity index (χ0) is 13.1. The van der Waals surface area contributed by atoms with Gasteiger partial charge in [-0.05, 0) is 41.3 Å². The molecule has 0 aliphatic rings. The van der Waals surface area contributed by atoms with Gasteiger partial charge in [-0.1, -0.05) is 42.8 Å². The second-order valence-electron chi connectivity index (χ2n) is 4.29. The van der Waals surface area contributed by atoms with Gasteiger partial charge in [0.05, 0.1) is 0 Å². The summed E-state index contributed by atoms with van der Waals surface area (Å²) < 4.78 is 13.3. The summed E-state index contributed by atoms with van der Waals surface area (Å²) in [6.45, 7) is 2.05. The molecule has 2 aromatic carbocycles. The zero-order valence-electron chi connectivity index (χ0n) is 10.2. The summed E-state index contributed by atoms with van der Waals surface area (Å²) >= 11 is 5.84. The molecule has 94 valence electrons. The molecule has 0 saturated carbocycles. The van der Waals surface area contributed by atoms with E-state index >= 15 is 0 Å². The second kappa shape index (κ2) is 5.51. The Balaban J connectivity index is 2.34. The van der Waals surface area contributed by atoms with Gasteiger partial charge in [-0.15, -0.1) is 0 Å². The summed E-state index contributed by atoms with van der Waals surface area (Å²) in [5.74, 6) is -0.327. The van der Waals surface area contributed by atoms with Crippen molar-refractivity contribution in [2.75, 3.05) is 0 Å². The first kappa shape index (κ1) is 13.1. The molecular weight excluding hydrogens is 249 g/mol. The molecule has 1 atom stereocenters. The van der Waals surface area contributed by atoms with E-state index in [0.717, 1.165) is 23.1 Å². The van der Waals surface area contributed by atoms with Crippen LogP contribution < -0.4 is 5.73 Å². The molecule has 2 N–H and O–H groups in total. The zero-order valence-corrected chi connectivity index (χ0v) is 10.9. The SMILES string of the molecule is CCC(N)c1ccc(-c2cc(F)cc(Cl)c2)cc1. The van der Waals surface area contributed by atoms with E-state index in [0.29, 0.717) is 5.02 Å². The van der Waals surface area contributed by atoms with Crippen LogP contribution >= 0.6 is 11.6 Å². The van der Waals surface area contributed by atoms with Gasteiger partial charge in [0.1, 0.15) is 5.82 Å². The standard InChI is InChI=1S/C15H15ClFN/c1-2-15(18)11-5-3-10(4-6-11)12-7-13(16)9-14(17)8-12/h3-9,15H,2,18H2,1H3. The number of benzene rings is 2. The Bertz CT molecular complexity index is 516. The molecule has 0 fully saturated rings. The normalized spacial score (nSPS) is 12.4. The highest BCUT2D eigenvalue weighted by Gasteiger charge is 2.05. The Morgan fingerprint density at radius 1 is 1.11 bits per heavy atom. The topological polar surface area (TPSA) is 26.0 Å². The highest BCUT2D eigenvalue weighted by Crippen LogP contribution is 2.25. The number of rotatable bonds is 3. The highest BCUT2D eigenvalue weighted by atomic mass is 35.5. The minimum absolute atomic E-state index is 0.0511. The summed E-state index contributed by atoms with van der Waals surface area (Å²) in [6, 6.07) is 12.4. The molecular formula is C15H15ClFN. The van der Waals surface area contributed by atoms with Gasteiger partial charge in [0.2, 0.25) is 0 Å². The minimum atomic E-state index is -0.327. The third-order valence-corrected chi connectivity index (χ3v) is 3.19. The van der Waals surface area contributed by atoms with Crippen LogP contribution in [0.25, 0.3) is 11.1 Å². The maximum absolute atomic E-state index is 13.3. The van der Waals surface area contributed by atoms with Crippen molar-refractivity contribution in [3.05, 3.63) is 58.9 Å². The first-order chi connectivity index (χ1) is 8.60. The molecule has 0 aliphatic heterocycles. The van der Waals surface area contributed by atoms with Crippen molar-refractivity contribution in [3.63, 3.8) is 0 Å². The lowest BCUT2D eigenvalue weighted by atomic mass is 10.00. The van der Waals surface area contributed by atoms with E-state index in [1.54, 1.807) is 6.07 Å². The van der Waals surface area contributed by atoms with Gasteiger partial charge in [-0.3, -0.25) is 0 Å². The van der Waals surface area contributed by atoms with E-state index in [1.807, 2.05) is 31.2 Å². The number of halogens is 2. The lowest BCUT2D eigenvalue weighted by Gasteiger charge is -2.10. The van der Waals surface area contributed by atoms with Crippen molar-refractivity contribution < 1.29 is 4.39 Å².